The SMILES string of the molecule is FC(F)(F)C(F)(F)C(F)(F)C(F)(F)C1C=CCO1. The number of rotatable bonds is 3. The molecule has 0 radical (unpaired) electrons. The Kier molecular flexibility index (Phi) is 3.39. The Hall–Kier alpha value is -0.930. The number of halogens is 9. The second-order valence-electron chi connectivity index (χ2n) is 3.45. The summed E-state index contributed by atoms with van der Waals surface area (Å²) in [5, 5.41) is 0. The van der Waals surface area contributed by atoms with Gasteiger partial charge in [0, 0.05) is 0 Å². The van der Waals surface area contributed by atoms with Crippen molar-refractivity contribution in [3.8, 4) is 0 Å². The Morgan fingerprint density at radius 3 is 1.67 bits per heavy atom. The molecular formula is C8H5F9O. The van der Waals surface area contributed by atoms with Crippen LogP contribution in [0.4, 0.5) is 39.5 Å². The summed E-state index contributed by atoms with van der Waals surface area (Å²) in [6, 6.07) is 0. The maximum atomic E-state index is 13.0. The standard InChI is InChI=1S/C8H5F9O/c9-5(10,4-2-1-3-18-4)6(11,12)7(13,14)8(15,16)17/h1-2,4H,3H2. The van der Waals surface area contributed by atoms with Crippen molar-refractivity contribution < 1.29 is 44.3 Å². The van der Waals surface area contributed by atoms with Gasteiger partial charge in [0.2, 0.25) is 0 Å². The molecule has 0 saturated carbocycles. The van der Waals surface area contributed by atoms with Crippen LogP contribution in [0.5, 0.6) is 0 Å². The Labute approximate surface area is 94.2 Å². The largest absolute Gasteiger partial charge is 0.460 e. The summed E-state index contributed by atoms with van der Waals surface area (Å²) < 4.78 is 116. The molecule has 1 unspecified atom stereocenters. The van der Waals surface area contributed by atoms with Crippen molar-refractivity contribution in [3.05, 3.63) is 12.2 Å². The van der Waals surface area contributed by atoms with E-state index in [4.69, 9.17) is 0 Å². The lowest BCUT2D eigenvalue weighted by molar-refractivity contribution is -0.403. The number of ether oxygens (including phenoxy) is 1. The molecule has 106 valence electrons. The van der Waals surface area contributed by atoms with Crippen LogP contribution < -0.4 is 0 Å². The van der Waals surface area contributed by atoms with E-state index in [1.54, 1.807) is 0 Å². The Morgan fingerprint density at radius 1 is 0.833 bits per heavy atom. The average Bonchev–Trinajstić information content (AvgIpc) is 2.68. The minimum absolute atomic E-state index is 0.306. The number of hydrogen-bond acceptors (Lipinski definition) is 1. The quantitative estimate of drug-likeness (QED) is 0.571. The van der Waals surface area contributed by atoms with Crippen LogP contribution in [0, 0.1) is 0 Å². The third kappa shape index (κ3) is 1.95. The minimum atomic E-state index is -6.87. The maximum absolute atomic E-state index is 13.0. The van der Waals surface area contributed by atoms with Gasteiger partial charge in [-0.3, -0.25) is 0 Å². The van der Waals surface area contributed by atoms with E-state index >= 15 is 0 Å². The van der Waals surface area contributed by atoms with Crippen molar-refractivity contribution in [2.75, 3.05) is 6.61 Å². The zero-order valence-corrected chi connectivity index (χ0v) is 8.25. The molecule has 1 rings (SSSR count). The minimum Gasteiger partial charge on any atom is -0.364 e. The zero-order chi connectivity index (χ0) is 14.4. The highest BCUT2D eigenvalue weighted by Gasteiger charge is 2.83. The third-order valence-electron chi connectivity index (χ3n) is 2.21. The van der Waals surface area contributed by atoms with E-state index in [-0.39, 0.29) is 0 Å². The first-order valence-electron chi connectivity index (χ1n) is 4.34. The van der Waals surface area contributed by atoms with Crippen molar-refractivity contribution in [3.63, 3.8) is 0 Å². The molecule has 0 aromatic carbocycles. The van der Waals surface area contributed by atoms with E-state index in [1.807, 2.05) is 0 Å². The fourth-order valence-electron chi connectivity index (χ4n) is 1.19. The summed E-state index contributed by atoms with van der Waals surface area (Å²) in [5.74, 6) is -19.2. The van der Waals surface area contributed by atoms with Crippen LogP contribution in [-0.4, -0.2) is 36.7 Å². The molecule has 1 nitrogen and oxygen atoms in total. The molecule has 1 atom stereocenters. The van der Waals surface area contributed by atoms with Gasteiger partial charge in [-0.05, 0) is 0 Å². The molecule has 0 aromatic rings. The molecular weight excluding hydrogens is 283 g/mol. The average molecular weight is 288 g/mol. The van der Waals surface area contributed by atoms with Gasteiger partial charge in [-0.25, -0.2) is 0 Å². The molecule has 1 aliphatic heterocycles. The summed E-state index contributed by atoms with van der Waals surface area (Å²) in [4.78, 5) is 0. The molecule has 0 amide bonds. The van der Waals surface area contributed by atoms with Gasteiger partial charge in [-0.2, -0.15) is 39.5 Å². The molecule has 1 aliphatic rings. The van der Waals surface area contributed by atoms with Crippen molar-refractivity contribution >= 4 is 0 Å². The van der Waals surface area contributed by atoms with Gasteiger partial charge >= 0.3 is 23.9 Å². The van der Waals surface area contributed by atoms with Gasteiger partial charge in [0.05, 0.1) is 6.61 Å². The van der Waals surface area contributed by atoms with Crippen LogP contribution in [0.2, 0.25) is 0 Å². The molecule has 0 aromatic heterocycles. The van der Waals surface area contributed by atoms with Gasteiger partial charge in [0.25, 0.3) is 0 Å². The molecule has 0 bridgehead atoms. The highest BCUT2D eigenvalue weighted by molar-refractivity contribution is 5.11. The van der Waals surface area contributed by atoms with Crippen LogP contribution in [0.25, 0.3) is 0 Å². The molecule has 18 heavy (non-hydrogen) atoms. The van der Waals surface area contributed by atoms with Gasteiger partial charge in [-0.1, -0.05) is 12.2 Å². The van der Waals surface area contributed by atoms with Gasteiger partial charge < -0.3 is 4.74 Å². The summed E-state index contributed by atoms with van der Waals surface area (Å²) in [6.45, 7) is -0.575. The number of hydrogen-bond donors (Lipinski definition) is 0. The van der Waals surface area contributed by atoms with Crippen molar-refractivity contribution in [2.24, 2.45) is 0 Å². The number of alkyl halides is 9. The molecule has 0 N–H and O–H groups in total. The maximum Gasteiger partial charge on any atom is 0.460 e. The van der Waals surface area contributed by atoms with Crippen LogP contribution >= 0.6 is 0 Å². The van der Waals surface area contributed by atoms with Gasteiger partial charge in [0.1, 0.15) is 6.10 Å². The summed E-state index contributed by atoms with van der Waals surface area (Å²) in [7, 11) is 0. The monoisotopic (exact) mass is 288 g/mol. The Bertz CT molecular complexity index is 343. The lowest BCUT2D eigenvalue weighted by atomic mass is 9.99. The lowest BCUT2D eigenvalue weighted by Gasteiger charge is -2.35. The predicted molar refractivity (Wildman–Crippen MR) is 39.8 cm³/mol. The molecule has 10 heteroatoms. The van der Waals surface area contributed by atoms with E-state index in [0.29, 0.717) is 6.08 Å². The molecule has 0 aliphatic carbocycles. The second-order valence-corrected chi connectivity index (χ2v) is 3.45. The van der Waals surface area contributed by atoms with E-state index in [0.717, 1.165) is 6.08 Å². The normalized spacial score (nSPS) is 22.6. The smallest absolute Gasteiger partial charge is 0.364 e. The summed E-state index contributed by atoms with van der Waals surface area (Å²) in [5.41, 5.74) is 0. The van der Waals surface area contributed by atoms with E-state index in [9.17, 15) is 39.5 Å². The van der Waals surface area contributed by atoms with E-state index in [1.165, 1.54) is 0 Å². The van der Waals surface area contributed by atoms with Crippen molar-refractivity contribution in [1.82, 2.24) is 0 Å². The summed E-state index contributed by atoms with van der Waals surface area (Å²) in [6.07, 6.45) is -8.52. The topological polar surface area (TPSA) is 9.23 Å². The molecule has 1 heterocycles. The Morgan fingerprint density at radius 2 is 1.33 bits per heavy atom. The van der Waals surface area contributed by atoms with Crippen LogP contribution in [0.15, 0.2) is 12.2 Å². The van der Waals surface area contributed by atoms with Crippen LogP contribution in [-0.2, 0) is 4.74 Å². The first-order valence-corrected chi connectivity index (χ1v) is 4.34. The van der Waals surface area contributed by atoms with Gasteiger partial charge in [-0.15, -0.1) is 0 Å². The fraction of sp³-hybridized carbons (Fsp3) is 0.750. The fourth-order valence-corrected chi connectivity index (χ4v) is 1.19. The zero-order valence-electron chi connectivity index (χ0n) is 8.25. The molecule has 0 saturated heterocycles. The van der Waals surface area contributed by atoms with Crippen molar-refractivity contribution in [1.29, 1.82) is 0 Å². The molecule has 0 fully saturated rings. The first-order chi connectivity index (χ1) is 7.86. The summed E-state index contributed by atoms with van der Waals surface area (Å²) >= 11 is 0. The van der Waals surface area contributed by atoms with Crippen LogP contribution in [0.1, 0.15) is 0 Å². The van der Waals surface area contributed by atoms with E-state index in [2.05, 4.69) is 4.74 Å². The van der Waals surface area contributed by atoms with Gasteiger partial charge in [0.15, 0.2) is 0 Å². The van der Waals surface area contributed by atoms with E-state index < -0.39 is 36.7 Å². The highest BCUT2D eigenvalue weighted by Crippen LogP contribution is 2.54. The second kappa shape index (κ2) is 4.04. The first kappa shape index (κ1) is 15.1. The Balaban J connectivity index is 3.15. The third-order valence-corrected chi connectivity index (χ3v) is 2.21. The highest BCUT2D eigenvalue weighted by atomic mass is 19.4. The lowest BCUT2D eigenvalue weighted by Crippen LogP contribution is -2.64. The predicted octanol–water partition coefficient (Wildman–Crippen LogP) is 3.41. The molecule has 0 spiro atoms. The van der Waals surface area contributed by atoms with Crippen molar-refractivity contribution in [2.45, 2.75) is 30.0 Å². The van der Waals surface area contributed by atoms with Crippen LogP contribution in [0.3, 0.4) is 0 Å².